The summed E-state index contributed by atoms with van der Waals surface area (Å²) >= 11 is 0. The average Bonchev–Trinajstić information content (AvgIpc) is 2.73. The van der Waals surface area contributed by atoms with E-state index in [2.05, 4.69) is 10.3 Å². The summed E-state index contributed by atoms with van der Waals surface area (Å²) < 4.78 is 40.1. The summed E-state index contributed by atoms with van der Waals surface area (Å²) in [7, 11) is 0. The number of hydrogen-bond donors (Lipinski definition) is 1. The monoisotopic (exact) mass is 440 g/mol. The van der Waals surface area contributed by atoms with E-state index in [1.54, 1.807) is 4.90 Å². The fourth-order valence-corrected chi connectivity index (χ4v) is 4.32. The van der Waals surface area contributed by atoms with E-state index in [4.69, 9.17) is 0 Å². The Morgan fingerprint density at radius 3 is 2.55 bits per heavy atom. The van der Waals surface area contributed by atoms with Crippen molar-refractivity contribution < 1.29 is 22.8 Å². The van der Waals surface area contributed by atoms with Gasteiger partial charge in [-0.25, -0.2) is 4.98 Å². The van der Waals surface area contributed by atoms with Crippen LogP contribution in [0.15, 0.2) is 18.3 Å². The summed E-state index contributed by atoms with van der Waals surface area (Å²) in [6, 6.07) is 2.30. The molecule has 9 heteroatoms. The van der Waals surface area contributed by atoms with Crippen molar-refractivity contribution in [3.63, 3.8) is 0 Å². The third-order valence-electron chi connectivity index (χ3n) is 5.96. The predicted molar refractivity (Wildman–Crippen MR) is 111 cm³/mol. The fourth-order valence-electron chi connectivity index (χ4n) is 4.32. The van der Waals surface area contributed by atoms with Gasteiger partial charge in [0.05, 0.1) is 11.5 Å². The molecule has 0 bridgehead atoms. The van der Waals surface area contributed by atoms with Gasteiger partial charge in [-0.3, -0.25) is 9.59 Å². The van der Waals surface area contributed by atoms with Crippen LogP contribution in [0.3, 0.4) is 0 Å². The number of piperidine rings is 2. The number of nitrogens with one attached hydrogen (secondary N) is 1. The van der Waals surface area contributed by atoms with E-state index in [1.165, 1.54) is 12.3 Å². The SMILES string of the molecule is CC(C)CC(=O)N1CCC(NC(=O)C2CCCN(c3ncccc3C(F)(F)F)C2)CC1. The second-order valence-corrected chi connectivity index (χ2v) is 8.92. The quantitative estimate of drug-likeness (QED) is 0.762. The smallest absolute Gasteiger partial charge is 0.355 e. The van der Waals surface area contributed by atoms with Gasteiger partial charge in [0.25, 0.3) is 0 Å². The second-order valence-electron chi connectivity index (χ2n) is 8.92. The standard InChI is InChI=1S/C22H31F3N4O2/c1-15(2)13-19(30)28-11-7-17(8-12-28)27-21(31)16-5-4-10-29(14-16)20-18(22(23,24)25)6-3-9-26-20/h3,6,9,15-17H,4-5,7-8,10-14H2,1-2H3,(H,27,31). The molecule has 2 saturated heterocycles. The lowest BCUT2D eigenvalue weighted by molar-refractivity contribution is -0.137. The minimum absolute atomic E-state index is 0.00781. The molecule has 2 fully saturated rings. The molecule has 2 aliphatic rings. The number of pyridine rings is 1. The number of carbonyl (C=O) groups is 2. The molecule has 1 N–H and O–H groups in total. The van der Waals surface area contributed by atoms with Gasteiger partial charge in [0.2, 0.25) is 11.8 Å². The molecule has 31 heavy (non-hydrogen) atoms. The predicted octanol–water partition coefficient (Wildman–Crippen LogP) is 3.47. The van der Waals surface area contributed by atoms with Crippen molar-refractivity contribution in [2.75, 3.05) is 31.1 Å². The van der Waals surface area contributed by atoms with E-state index < -0.39 is 11.7 Å². The van der Waals surface area contributed by atoms with Gasteiger partial charge >= 0.3 is 6.18 Å². The van der Waals surface area contributed by atoms with Gasteiger partial charge in [0.1, 0.15) is 5.82 Å². The molecule has 0 aliphatic carbocycles. The number of nitrogens with zero attached hydrogens (tertiary/aromatic N) is 3. The van der Waals surface area contributed by atoms with E-state index in [0.29, 0.717) is 57.7 Å². The van der Waals surface area contributed by atoms with Crippen molar-refractivity contribution in [1.29, 1.82) is 0 Å². The molecule has 1 aromatic heterocycles. The molecule has 6 nitrogen and oxygen atoms in total. The zero-order valence-electron chi connectivity index (χ0n) is 18.1. The Balaban J connectivity index is 1.55. The van der Waals surface area contributed by atoms with E-state index in [0.717, 1.165) is 6.07 Å². The first-order valence-corrected chi connectivity index (χ1v) is 11.0. The Labute approximate surface area is 181 Å². The number of rotatable bonds is 5. The van der Waals surface area contributed by atoms with Crippen LogP contribution in [0.25, 0.3) is 0 Å². The van der Waals surface area contributed by atoms with Crippen molar-refractivity contribution in [2.24, 2.45) is 11.8 Å². The summed E-state index contributed by atoms with van der Waals surface area (Å²) in [6.07, 6.45) is 0.0655. The first-order valence-electron chi connectivity index (χ1n) is 11.0. The number of aromatic nitrogens is 1. The summed E-state index contributed by atoms with van der Waals surface area (Å²) in [5.74, 6) is -0.141. The minimum Gasteiger partial charge on any atom is -0.355 e. The lowest BCUT2D eigenvalue weighted by atomic mass is 9.95. The number of anilines is 1. The van der Waals surface area contributed by atoms with E-state index in [1.807, 2.05) is 18.7 Å². The summed E-state index contributed by atoms with van der Waals surface area (Å²) in [5.41, 5.74) is -0.769. The molecule has 1 aromatic rings. The van der Waals surface area contributed by atoms with Crippen molar-refractivity contribution >= 4 is 17.6 Å². The van der Waals surface area contributed by atoms with Crippen LogP contribution < -0.4 is 10.2 Å². The highest BCUT2D eigenvalue weighted by Gasteiger charge is 2.37. The first-order chi connectivity index (χ1) is 14.6. The third kappa shape index (κ3) is 6.11. The highest BCUT2D eigenvalue weighted by atomic mass is 19.4. The van der Waals surface area contributed by atoms with Crippen LogP contribution >= 0.6 is 0 Å². The maximum absolute atomic E-state index is 13.4. The molecule has 2 amide bonds. The molecule has 2 aliphatic heterocycles. The van der Waals surface area contributed by atoms with Crippen molar-refractivity contribution in [1.82, 2.24) is 15.2 Å². The lowest BCUT2D eigenvalue weighted by Gasteiger charge is -2.36. The Bertz CT molecular complexity index is 776. The first kappa shape index (κ1) is 23.3. The molecule has 1 unspecified atom stereocenters. The molecular weight excluding hydrogens is 409 g/mol. The Hall–Kier alpha value is -2.32. The van der Waals surface area contributed by atoms with E-state index in [9.17, 15) is 22.8 Å². The minimum atomic E-state index is -4.49. The molecule has 0 spiro atoms. The topological polar surface area (TPSA) is 65.5 Å². The second kappa shape index (κ2) is 9.87. The number of halogens is 3. The van der Waals surface area contributed by atoms with Gasteiger partial charge in [-0.1, -0.05) is 13.8 Å². The lowest BCUT2D eigenvalue weighted by Crippen LogP contribution is -2.50. The number of amides is 2. The van der Waals surface area contributed by atoms with E-state index in [-0.39, 0.29) is 36.1 Å². The fraction of sp³-hybridized carbons (Fsp3) is 0.682. The number of likely N-dealkylation sites (tertiary alicyclic amines) is 1. The molecule has 3 rings (SSSR count). The van der Waals surface area contributed by atoms with E-state index >= 15 is 0 Å². The van der Waals surface area contributed by atoms with Crippen LogP contribution in [0.1, 0.15) is 51.5 Å². The van der Waals surface area contributed by atoms with Crippen LogP contribution in [0.5, 0.6) is 0 Å². The van der Waals surface area contributed by atoms with Crippen molar-refractivity contribution in [2.45, 2.75) is 58.2 Å². The molecule has 3 heterocycles. The maximum atomic E-state index is 13.4. The van der Waals surface area contributed by atoms with Gasteiger partial charge in [0.15, 0.2) is 0 Å². The van der Waals surface area contributed by atoms with Gasteiger partial charge in [0, 0.05) is 44.8 Å². The highest BCUT2D eigenvalue weighted by molar-refractivity contribution is 5.80. The maximum Gasteiger partial charge on any atom is 0.419 e. The Morgan fingerprint density at radius 2 is 1.90 bits per heavy atom. The molecule has 1 atom stereocenters. The normalized spacial score (nSPS) is 20.8. The zero-order chi connectivity index (χ0) is 22.6. The van der Waals surface area contributed by atoms with Crippen molar-refractivity contribution in [3.05, 3.63) is 23.9 Å². The van der Waals surface area contributed by atoms with Crippen molar-refractivity contribution in [3.8, 4) is 0 Å². The number of carbonyl (C=O) groups excluding carboxylic acids is 2. The Morgan fingerprint density at radius 1 is 1.19 bits per heavy atom. The average molecular weight is 441 g/mol. The third-order valence-corrected chi connectivity index (χ3v) is 5.96. The van der Waals surface area contributed by atoms with Crippen LogP contribution in [-0.2, 0) is 15.8 Å². The molecule has 0 aromatic carbocycles. The van der Waals surface area contributed by atoms with Gasteiger partial charge in [-0.2, -0.15) is 13.2 Å². The molecule has 0 radical (unpaired) electrons. The Kier molecular flexibility index (Phi) is 7.43. The van der Waals surface area contributed by atoms with Gasteiger partial charge < -0.3 is 15.1 Å². The number of alkyl halides is 3. The largest absolute Gasteiger partial charge is 0.419 e. The van der Waals surface area contributed by atoms with Crippen LogP contribution in [-0.4, -0.2) is 53.9 Å². The van der Waals surface area contributed by atoms with Crippen LogP contribution in [0, 0.1) is 11.8 Å². The van der Waals surface area contributed by atoms with Crippen LogP contribution in [0.2, 0.25) is 0 Å². The summed E-state index contributed by atoms with van der Waals surface area (Å²) in [4.78, 5) is 32.4. The van der Waals surface area contributed by atoms with Crippen LogP contribution in [0.4, 0.5) is 19.0 Å². The molecular formula is C22H31F3N4O2. The highest BCUT2D eigenvalue weighted by Crippen LogP contribution is 2.36. The number of hydrogen-bond acceptors (Lipinski definition) is 4. The summed E-state index contributed by atoms with van der Waals surface area (Å²) in [6.45, 7) is 5.94. The van der Waals surface area contributed by atoms with Gasteiger partial charge in [-0.05, 0) is 43.7 Å². The summed E-state index contributed by atoms with van der Waals surface area (Å²) in [5, 5.41) is 3.06. The zero-order valence-corrected chi connectivity index (χ0v) is 18.1. The molecule has 0 saturated carbocycles. The van der Waals surface area contributed by atoms with Gasteiger partial charge in [-0.15, -0.1) is 0 Å². The molecule has 172 valence electrons.